The van der Waals surface area contributed by atoms with Gasteiger partial charge < -0.3 is 11.1 Å². The van der Waals surface area contributed by atoms with Gasteiger partial charge in [-0.05, 0) is 18.8 Å². The largest absolute Gasteiger partial charge is 0.349 e. The highest BCUT2D eigenvalue weighted by Gasteiger charge is 2.28. The maximum atomic E-state index is 11.7. The van der Waals surface area contributed by atoms with Crippen molar-refractivity contribution in [3.05, 3.63) is 23.2 Å². The van der Waals surface area contributed by atoms with E-state index in [0.717, 1.165) is 12.8 Å². The average molecular weight is 277 g/mol. The Morgan fingerprint density at radius 1 is 1.65 bits per heavy atom. The van der Waals surface area contributed by atoms with Crippen LogP contribution in [-0.4, -0.2) is 28.5 Å². The van der Waals surface area contributed by atoms with E-state index in [9.17, 15) is 4.79 Å². The molecule has 1 fully saturated rings. The predicted octanol–water partition coefficient (Wildman–Crippen LogP) is 1.02. The summed E-state index contributed by atoms with van der Waals surface area (Å²) in [6, 6.07) is 0.0320. The fraction of sp³-hybridized carbons (Fsp3) is 0.500. The number of hydrogen-bond acceptors (Lipinski definition) is 4. The normalized spacial score (nSPS) is 15.9. The van der Waals surface area contributed by atoms with Crippen LogP contribution in [-0.2, 0) is 0 Å². The second-order valence-electron chi connectivity index (χ2n) is 3.93. The van der Waals surface area contributed by atoms with E-state index < -0.39 is 0 Å². The lowest BCUT2D eigenvalue weighted by molar-refractivity contribution is 0.0945. The Bertz CT molecular complexity index is 398. The lowest BCUT2D eigenvalue weighted by Crippen LogP contribution is -2.38. The van der Waals surface area contributed by atoms with Gasteiger partial charge in [-0.2, -0.15) is 0 Å². The molecule has 7 heteroatoms. The zero-order valence-corrected chi connectivity index (χ0v) is 10.7. The standard InChI is InChI=1S/C10H13ClN4O.ClH/c11-7-3-13-5-15-9(7)10(16)14-4-8(12)6-1-2-6;/h3,5-6,8H,1-2,4,12H2,(H,14,16);1H. The van der Waals surface area contributed by atoms with Crippen LogP contribution in [0.3, 0.4) is 0 Å². The summed E-state index contributed by atoms with van der Waals surface area (Å²) in [5, 5.41) is 2.97. The molecule has 0 aromatic carbocycles. The summed E-state index contributed by atoms with van der Waals surface area (Å²) in [5.41, 5.74) is 6.06. The van der Waals surface area contributed by atoms with Crippen molar-refractivity contribution < 1.29 is 4.79 Å². The summed E-state index contributed by atoms with van der Waals surface area (Å²) in [6.07, 6.45) is 5.00. The van der Waals surface area contributed by atoms with Crippen LogP contribution < -0.4 is 11.1 Å². The lowest BCUT2D eigenvalue weighted by atomic mass is 10.2. The third-order valence-corrected chi connectivity index (χ3v) is 2.89. The zero-order chi connectivity index (χ0) is 11.5. The third kappa shape index (κ3) is 3.80. The van der Waals surface area contributed by atoms with Gasteiger partial charge in [0.1, 0.15) is 12.0 Å². The van der Waals surface area contributed by atoms with Gasteiger partial charge in [0.2, 0.25) is 0 Å². The topological polar surface area (TPSA) is 80.9 Å². The van der Waals surface area contributed by atoms with Gasteiger partial charge in [-0.3, -0.25) is 4.79 Å². The van der Waals surface area contributed by atoms with E-state index in [1.165, 1.54) is 12.5 Å². The molecule has 0 radical (unpaired) electrons. The molecule has 1 aromatic rings. The molecular weight excluding hydrogens is 263 g/mol. The Kier molecular flexibility index (Phi) is 5.11. The maximum absolute atomic E-state index is 11.7. The summed E-state index contributed by atoms with van der Waals surface area (Å²) < 4.78 is 0. The number of carbonyl (C=O) groups excluding carboxylic acids is 1. The monoisotopic (exact) mass is 276 g/mol. The molecule has 17 heavy (non-hydrogen) atoms. The second-order valence-corrected chi connectivity index (χ2v) is 4.34. The van der Waals surface area contributed by atoms with Gasteiger partial charge in [-0.15, -0.1) is 12.4 Å². The highest BCUT2D eigenvalue weighted by Crippen LogP contribution is 2.31. The van der Waals surface area contributed by atoms with Crippen LogP contribution in [0.2, 0.25) is 5.02 Å². The molecule has 1 saturated carbocycles. The van der Waals surface area contributed by atoms with Crippen molar-refractivity contribution >= 4 is 29.9 Å². The molecule has 0 saturated heterocycles. The van der Waals surface area contributed by atoms with Crippen LogP contribution in [0.15, 0.2) is 12.5 Å². The molecule has 0 spiro atoms. The average Bonchev–Trinajstić information content (AvgIpc) is 3.10. The van der Waals surface area contributed by atoms with E-state index in [-0.39, 0.29) is 35.1 Å². The number of carbonyl (C=O) groups is 1. The second kappa shape index (κ2) is 6.14. The maximum Gasteiger partial charge on any atom is 0.271 e. The van der Waals surface area contributed by atoms with E-state index in [1.54, 1.807) is 0 Å². The molecule has 0 aliphatic heterocycles. The van der Waals surface area contributed by atoms with E-state index in [2.05, 4.69) is 15.3 Å². The van der Waals surface area contributed by atoms with Crippen molar-refractivity contribution in [3.63, 3.8) is 0 Å². The molecule has 5 nitrogen and oxygen atoms in total. The highest BCUT2D eigenvalue weighted by atomic mass is 35.5. The van der Waals surface area contributed by atoms with Gasteiger partial charge in [-0.1, -0.05) is 11.6 Å². The van der Waals surface area contributed by atoms with Gasteiger partial charge in [-0.25, -0.2) is 9.97 Å². The number of amides is 1. The first-order valence-electron chi connectivity index (χ1n) is 5.17. The fourth-order valence-corrected chi connectivity index (χ4v) is 1.66. The van der Waals surface area contributed by atoms with Crippen molar-refractivity contribution in [3.8, 4) is 0 Å². The quantitative estimate of drug-likeness (QED) is 0.861. The zero-order valence-electron chi connectivity index (χ0n) is 9.10. The fourth-order valence-electron chi connectivity index (χ4n) is 1.47. The van der Waals surface area contributed by atoms with Crippen LogP contribution in [0, 0.1) is 5.92 Å². The van der Waals surface area contributed by atoms with Crippen molar-refractivity contribution in [2.24, 2.45) is 11.7 Å². The van der Waals surface area contributed by atoms with Crippen LogP contribution in [0.4, 0.5) is 0 Å². The summed E-state index contributed by atoms with van der Waals surface area (Å²) >= 11 is 5.79. The van der Waals surface area contributed by atoms with Crippen LogP contribution >= 0.6 is 24.0 Å². The molecule has 1 aliphatic carbocycles. The summed E-state index contributed by atoms with van der Waals surface area (Å²) in [4.78, 5) is 19.2. The van der Waals surface area contributed by atoms with Gasteiger partial charge in [0.15, 0.2) is 0 Å². The Morgan fingerprint density at radius 2 is 2.35 bits per heavy atom. The van der Waals surface area contributed by atoms with Gasteiger partial charge >= 0.3 is 0 Å². The van der Waals surface area contributed by atoms with Crippen molar-refractivity contribution in [2.45, 2.75) is 18.9 Å². The van der Waals surface area contributed by atoms with Crippen LogP contribution in [0.5, 0.6) is 0 Å². The number of halogens is 2. The highest BCUT2D eigenvalue weighted by molar-refractivity contribution is 6.33. The molecule has 1 heterocycles. The van der Waals surface area contributed by atoms with E-state index in [4.69, 9.17) is 17.3 Å². The first-order chi connectivity index (χ1) is 7.68. The first kappa shape index (κ1) is 14.2. The third-order valence-electron chi connectivity index (χ3n) is 2.61. The van der Waals surface area contributed by atoms with Crippen molar-refractivity contribution in [2.75, 3.05) is 6.54 Å². The molecule has 0 bridgehead atoms. The Hall–Kier alpha value is -0.910. The van der Waals surface area contributed by atoms with Gasteiger partial charge in [0.05, 0.1) is 5.02 Å². The van der Waals surface area contributed by atoms with Crippen molar-refractivity contribution in [1.82, 2.24) is 15.3 Å². The number of nitrogens with two attached hydrogens (primary N) is 1. The minimum absolute atomic E-state index is 0. The van der Waals surface area contributed by atoms with Crippen LogP contribution in [0.25, 0.3) is 0 Å². The summed E-state index contributed by atoms with van der Waals surface area (Å²) in [6.45, 7) is 0.462. The molecule has 1 aromatic heterocycles. The number of aromatic nitrogens is 2. The Labute approximate surface area is 111 Å². The number of hydrogen-bond donors (Lipinski definition) is 2. The van der Waals surface area contributed by atoms with Crippen molar-refractivity contribution in [1.29, 1.82) is 0 Å². The minimum atomic E-state index is -0.302. The van der Waals surface area contributed by atoms with Gasteiger partial charge in [0, 0.05) is 18.8 Å². The summed E-state index contributed by atoms with van der Waals surface area (Å²) in [7, 11) is 0. The van der Waals surface area contributed by atoms with Gasteiger partial charge in [0.25, 0.3) is 5.91 Å². The molecule has 2 rings (SSSR count). The number of nitrogens with zero attached hydrogens (tertiary/aromatic N) is 2. The van der Waals surface area contributed by atoms with Crippen LogP contribution in [0.1, 0.15) is 23.3 Å². The molecule has 1 unspecified atom stereocenters. The summed E-state index contributed by atoms with van der Waals surface area (Å²) in [5.74, 6) is 0.254. The molecule has 3 N–H and O–H groups in total. The van der Waals surface area contributed by atoms with E-state index in [0.29, 0.717) is 12.5 Å². The van der Waals surface area contributed by atoms with E-state index >= 15 is 0 Å². The lowest BCUT2D eigenvalue weighted by Gasteiger charge is -2.11. The predicted molar refractivity (Wildman–Crippen MR) is 67.3 cm³/mol. The molecule has 1 amide bonds. The van der Waals surface area contributed by atoms with E-state index in [1.807, 2.05) is 0 Å². The Balaban J connectivity index is 0.00000144. The Morgan fingerprint density at radius 3 is 2.94 bits per heavy atom. The molecular formula is C10H14Cl2N4O. The number of nitrogens with one attached hydrogen (secondary N) is 1. The SMILES string of the molecule is Cl.NC(CNC(=O)c1ncncc1Cl)C1CC1. The number of rotatable bonds is 4. The molecule has 1 aliphatic rings. The minimum Gasteiger partial charge on any atom is -0.349 e. The molecule has 94 valence electrons. The smallest absolute Gasteiger partial charge is 0.271 e. The first-order valence-corrected chi connectivity index (χ1v) is 5.55. The molecule has 1 atom stereocenters.